The number of ether oxygens (including phenoxy) is 1. The van der Waals surface area contributed by atoms with E-state index in [2.05, 4.69) is 21.9 Å². The summed E-state index contributed by atoms with van der Waals surface area (Å²) in [5.41, 5.74) is 4.55. The van der Waals surface area contributed by atoms with Crippen LogP contribution in [0.4, 0.5) is 0 Å². The van der Waals surface area contributed by atoms with Crippen LogP contribution in [0.5, 0.6) is 5.88 Å². The molecule has 4 heterocycles. The molecule has 1 atom stereocenters. The number of methoxy groups -OCH3 is 1. The molecule has 160 valence electrons. The Bertz CT molecular complexity index is 1070. The second-order valence-corrected chi connectivity index (χ2v) is 7.77. The van der Waals surface area contributed by atoms with Crippen LogP contribution in [0.1, 0.15) is 59.7 Å². The highest BCUT2D eigenvalue weighted by Gasteiger charge is 2.34. The van der Waals surface area contributed by atoms with Gasteiger partial charge in [-0.2, -0.15) is 0 Å². The first-order valence-corrected chi connectivity index (χ1v) is 10.7. The predicted octanol–water partition coefficient (Wildman–Crippen LogP) is 4.18. The summed E-state index contributed by atoms with van der Waals surface area (Å²) in [6.07, 6.45) is 10.7. The van der Waals surface area contributed by atoms with Gasteiger partial charge in [-0.3, -0.25) is 9.78 Å². The maximum Gasteiger partial charge on any atom is 0.255 e. The van der Waals surface area contributed by atoms with Crippen molar-refractivity contribution in [2.24, 2.45) is 0 Å². The van der Waals surface area contributed by atoms with Crippen molar-refractivity contribution in [1.29, 1.82) is 0 Å². The Morgan fingerprint density at radius 2 is 2.03 bits per heavy atom. The number of aryl methyl sites for hydroxylation is 2. The summed E-state index contributed by atoms with van der Waals surface area (Å²) < 4.78 is 5.12. The smallest absolute Gasteiger partial charge is 0.255 e. The third-order valence-corrected chi connectivity index (χ3v) is 5.67. The Labute approximate surface area is 182 Å². The highest BCUT2D eigenvalue weighted by atomic mass is 16.5. The Morgan fingerprint density at radius 1 is 1.16 bits per heavy atom. The van der Waals surface area contributed by atoms with E-state index in [0.717, 1.165) is 53.9 Å². The molecule has 0 N–H and O–H groups in total. The van der Waals surface area contributed by atoms with E-state index in [1.807, 2.05) is 30.3 Å². The number of likely N-dealkylation sites (tertiary alicyclic amines) is 1. The first kappa shape index (κ1) is 20.9. The average Bonchev–Trinajstić information content (AvgIpc) is 3.29. The Kier molecular flexibility index (Phi) is 6.21. The van der Waals surface area contributed by atoms with E-state index in [9.17, 15) is 4.79 Å². The van der Waals surface area contributed by atoms with Crippen LogP contribution in [-0.2, 0) is 6.42 Å². The molecular formula is C24H27N5O2. The zero-order chi connectivity index (χ0) is 21.8. The van der Waals surface area contributed by atoms with Crippen LogP contribution < -0.4 is 4.74 Å². The van der Waals surface area contributed by atoms with Crippen LogP contribution >= 0.6 is 0 Å². The molecule has 3 aromatic rings. The molecule has 1 fully saturated rings. The van der Waals surface area contributed by atoms with E-state index in [1.165, 1.54) is 0 Å². The van der Waals surface area contributed by atoms with Gasteiger partial charge in [-0.25, -0.2) is 15.0 Å². The molecule has 0 aliphatic carbocycles. The van der Waals surface area contributed by atoms with Gasteiger partial charge in [0.25, 0.3) is 5.91 Å². The van der Waals surface area contributed by atoms with Crippen LogP contribution in [-0.4, -0.2) is 44.4 Å². The first-order chi connectivity index (χ1) is 15.1. The van der Waals surface area contributed by atoms with Gasteiger partial charge in [0.15, 0.2) is 0 Å². The monoisotopic (exact) mass is 417 g/mol. The van der Waals surface area contributed by atoms with Crippen molar-refractivity contribution in [3.63, 3.8) is 0 Å². The van der Waals surface area contributed by atoms with E-state index in [1.54, 1.807) is 31.6 Å². The number of carbonyl (C=O) groups excluding carboxylic acids is 1. The summed E-state index contributed by atoms with van der Waals surface area (Å²) in [5.74, 6) is 1.27. The zero-order valence-corrected chi connectivity index (χ0v) is 18.2. The third kappa shape index (κ3) is 4.26. The number of carbonyl (C=O) groups is 1. The standard InChI is InChI=1S/C24H27N5O2/c1-4-6-21-26-15-19(18-10-11-25-13-16(18)2)23(28-21)20-7-5-12-29(20)24(30)17-8-9-22(31-3)27-14-17/h8-11,13-15,20H,4-7,12H2,1-3H3/t20-/m0/s1. The predicted molar refractivity (Wildman–Crippen MR) is 118 cm³/mol. The molecule has 1 aliphatic heterocycles. The quantitative estimate of drug-likeness (QED) is 0.598. The van der Waals surface area contributed by atoms with Gasteiger partial charge in [-0.1, -0.05) is 6.92 Å². The minimum Gasteiger partial charge on any atom is -0.481 e. The molecule has 4 rings (SSSR count). The third-order valence-electron chi connectivity index (χ3n) is 5.67. The van der Waals surface area contributed by atoms with Crippen molar-refractivity contribution in [2.45, 2.75) is 45.6 Å². The molecule has 0 bridgehead atoms. The molecule has 7 nitrogen and oxygen atoms in total. The topological polar surface area (TPSA) is 81.1 Å². The van der Waals surface area contributed by atoms with Crippen LogP contribution in [0.3, 0.4) is 0 Å². The molecule has 3 aromatic heterocycles. The van der Waals surface area contributed by atoms with Gasteiger partial charge in [0, 0.05) is 49.4 Å². The number of rotatable bonds is 6. The van der Waals surface area contributed by atoms with Gasteiger partial charge in [-0.05, 0) is 49.4 Å². The second kappa shape index (κ2) is 9.20. The highest BCUT2D eigenvalue weighted by molar-refractivity contribution is 5.94. The van der Waals surface area contributed by atoms with E-state index in [-0.39, 0.29) is 11.9 Å². The largest absolute Gasteiger partial charge is 0.481 e. The lowest BCUT2D eigenvalue weighted by Gasteiger charge is -2.26. The van der Waals surface area contributed by atoms with Crippen molar-refractivity contribution < 1.29 is 9.53 Å². The fourth-order valence-corrected chi connectivity index (χ4v) is 4.10. The van der Waals surface area contributed by atoms with Gasteiger partial charge < -0.3 is 9.64 Å². The minimum atomic E-state index is -0.101. The number of aromatic nitrogens is 4. The summed E-state index contributed by atoms with van der Waals surface area (Å²) in [6, 6.07) is 5.37. The molecule has 0 spiro atoms. The molecule has 31 heavy (non-hydrogen) atoms. The maximum atomic E-state index is 13.3. The van der Waals surface area contributed by atoms with Crippen molar-refractivity contribution in [1.82, 2.24) is 24.8 Å². The lowest BCUT2D eigenvalue weighted by atomic mass is 9.97. The summed E-state index contributed by atoms with van der Waals surface area (Å²) in [5, 5.41) is 0. The van der Waals surface area contributed by atoms with Gasteiger partial charge in [0.1, 0.15) is 5.82 Å². The molecule has 0 aromatic carbocycles. The number of hydrogen-bond acceptors (Lipinski definition) is 6. The van der Waals surface area contributed by atoms with E-state index in [4.69, 9.17) is 9.72 Å². The van der Waals surface area contributed by atoms with Gasteiger partial charge in [0.05, 0.1) is 24.4 Å². The number of pyridine rings is 2. The molecular weight excluding hydrogens is 390 g/mol. The Balaban J connectivity index is 1.74. The molecule has 0 radical (unpaired) electrons. The van der Waals surface area contributed by atoms with Crippen LogP contribution in [0.15, 0.2) is 43.0 Å². The average molecular weight is 418 g/mol. The highest BCUT2D eigenvalue weighted by Crippen LogP contribution is 2.38. The molecule has 7 heteroatoms. The van der Waals surface area contributed by atoms with Crippen molar-refractivity contribution >= 4 is 5.91 Å². The van der Waals surface area contributed by atoms with Gasteiger partial charge in [-0.15, -0.1) is 0 Å². The SMILES string of the molecule is CCCc1ncc(-c2ccncc2C)c([C@@H]2CCCN2C(=O)c2ccc(OC)nc2)n1. The van der Waals surface area contributed by atoms with Crippen LogP contribution in [0.2, 0.25) is 0 Å². The van der Waals surface area contributed by atoms with E-state index in [0.29, 0.717) is 18.0 Å². The maximum absolute atomic E-state index is 13.3. The van der Waals surface area contributed by atoms with Crippen LogP contribution in [0, 0.1) is 6.92 Å². The summed E-state index contributed by atoms with van der Waals surface area (Å²) in [7, 11) is 1.56. The summed E-state index contributed by atoms with van der Waals surface area (Å²) in [4.78, 5) is 33.2. The number of hydrogen-bond donors (Lipinski definition) is 0. The van der Waals surface area contributed by atoms with Crippen molar-refractivity contribution in [2.75, 3.05) is 13.7 Å². The fraction of sp³-hybridized carbons (Fsp3) is 0.375. The van der Waals surface area contributed by atoms with Crippen molar-refractivity contribution in [3.05, 3.63) is 65.6 Å². The van der Waals surface area contributed by atoms with E-state index < -0.39 is 0 Å². The molecule has 1 aliphatic rings. The number of nitrogens with zero attached hydrogens (tertiary/aromatic N) is 5. The zero-order valence-electron chi connectivity index (χ0n) is 18.2. The van der Waals surface area contributed by atoms with Crippen LogP contribution in [0.25, 0.3) is 11.1 Å². The Morgan fingerprint density at radius 3 is 2.74 bits per heavy atom. The molecule has 0 unspecified atom stereocenters. The molecule has 0 saturated carbocycles. The summed E-state index contributed by atoms with van der Waals surface area (Å²) >= 11 is 0. The van der Waals surface area contributed by atoms with E-state index >= 15 is 0 Å². The van der Waals surface area contributed by atoms with Gasteiger partial charge in [0.2, 0.25) is 5.88 Å². The second-order valence-electron chi connectivity index (χ2n) is 7.77. The first-order valence-electron chi connectivity index (χ1n) is 10.7. The lowest BCUT2D eigenvalue weighted by Crippen LogP contribution is -2.31. The van der Waals surface area contributed by atoms with Crippen molar-refractivity contribution in [3.8, 4) is 17.0 Å². The molecule has 1 saturated heterocycles. The normalized spacial score (nSPS) is 15.8. The minimum absolute atomic E-state index is 0.0364. The lowest BCUT2D eigenvalue weighted by molar-refractivity contribution is 0.0732. The molecule has 1 amide bonds. The van der Waals surface area contributed by atoms with Gasteiger partial charge >= 0.3 is 0 Å². The fourth-order valence-electron chi connectivity index (χ4n) is 4.10. The summed E-state index contributed by atoms with van der Waals surface area (Å²) in [6.45, 7) is 4.84. The Hall–Kier alpha value is -3.35. The number of amides is 1.